The molecule has 0 fully saturated rings. The molecule has 8 heteroatoms. The van der Waals surface area contributed by atoms with Crippen LogP contribution in [0, 0.1) is 0 Å². The van der Waals surface area contributed by atoms with E-state index in [1.54, 1.807) is 0 Å². The Balaban J connectivity index is 2.31. The smallest absolute Gasteiger partial charge is 0.241 e. The van der Waals surface area contributed by atoms with Crippen LogP contribution in [0.3, 0.4) is 0 Å². The number of carboxylic acid groups (broad SMARTS) is 1. The van der Waals surface area contributed by atoms with Crippen molar-refractivity contribution in [2.24, 2.45) is 0 Å². The summed E-state index contributed by atoms with van der Waals surface area (Å²) in [5.74, 6) is -1.58. The van der Waals surface area contributed by atoms with Gasteiger partial charge in [0.1, 0.15) is 0 Å². The van der Waals surface area contributed by atoms with Crippen molar-refractivity contribution in [2.75, 3.05) is 0 Å². The first-order valence-electron chi connectivity index (χ1n) is 7.27. The molecule has 0 bridgehead atoms. The summed E-state index contributed by atoms with van der Waals surface area (Å²) in [7, 11) is -3.99. The zero-order valence-corrected chi connectivity index (χ0v) is 14.8. The Bertz CT molecular complexity index is 876. The highest BCUT2D eigenvalue weighted by molar-refractivity contribution is 7.89. The van der Waals surface area contributed by atoms with Gasteiger partial charge in [-0.2, -0.15) is 0 Å². The predicted molar refractivity (Wildman–Crippen MR) is 90.6 cm³/mol. The lowest BCUT2D eigenvalue weighted by molar-refractivity contribution is -0.306. The van der Waals surface area contributed by atoms with Crippen LogP contribution >= 0.6 is 11.6 Å². The van der Waals surface area contributed by atoms with Gasteiger partial charge in [-0.1, -0.05) is 35.9 Å². The molecule has 0 spiro atoms. The zero-order chi connectivity index (χ0) is 18.6. The average molecular weight is 381 g/mol. The van der Waals surface area contributed by atoms with Crippen LogP contribution in [0.5, 0.6) is 0 Å². The zero-order valence-electron chi connectivity index (χ0n) is 13.2. The number of carboxylic acids is 1. The monoisotopic (exact) mass is 380 g/mol. The second-order valence-corrected chi connectivity index (χ2v) is 7.53. The Morgan fingerprint density at radius 3 is 2.12 bits per heavy atom. The van der Waals surface area contributed by atoms with E-state index in [4.69, 9.17) is 11.6 Å². The van der Waals surface area contributed by atoms with Crippen LogP contribution in [-0.2, 0) is 14.8 Å². The van der Waals surface area contributed by atoms with Crippen molar-refractivity contribution in [1.29, 1.82) is 0 Å². The third-order valence-corrected chi connectivity index (χ3v) is 5.25. The van der Waals surface area contributed by atoms with Crippen LogP contribution in [-0.4, -0.2) is 20.2 Å². The number of carbonyl (C=O) groups excluding carboxylic acids is 2. The lowest BCUT2D eigenvalue weighted by Gasteiger charge is -2.20. The highest BCUT2D eigenvalue weighted by Crippen LogP contribution is 2.22. The second kappa shape index (κ2) is 7.77. The maximum absolute atomic E-state index is 12.5. The van der Waals surface area contributed by atoms with Gasteiger partial charge in [0.05, 0.1) is 10.9 Å². The van der Waals surface area contributed by atoms with Crippen LogP contribution in [0.2, 0.25) is 5.02 Å². The van der Waals surface area contributed by atoms with Crippen molar-refractivity contribution in [3.63, 3.8) is 0 Å². The summed E-state index contributed by atoms with van der Waals surface area (Å²) in [6.45, 7) is 1.37. The number of sulfonamides is 1. The summed E-state index contributed by atoms with van der Waals surface area (Å²) in [6.07, 6.45) is -0.535. The van der Waals surface area contributed by atoms with Crippen LogP contribution in [0.15, 0.2) is 53.4 Å². The normalized spacial score (nSPS) is 12.6. The summed E-state index contributed by atoms with van der Waals surface area (Å²) in [6, 6.07) is 10.5. The van der Waals surface area contributed by atoms with Gasteiger partial charge in [-0.15, -0.1) is 0 Å². The molecule has 0 aliphatic carbocycles. The van der Waals surface area contributed by atoms with Gasteiger partial charge in [-0.3, -0.25) is 4.79 Å². The molecule has 0 heterocycles. The summed E-state index contributed by atoms with van der Waals surface area (Å²) >= 11 is 5.80. The molecule has 1 N–H and O–H groups in total. The number of rotatable bonds is 7. The molecule has 0 radical (unpaired) electrons. The Morgan fingerprint density at radius 1 is 1.08 bits per heavy atom. The maximum atomic E-state index is 12.5. The Labute approximate surface area is 150 Å². The fraction of sp³-hybridized carbons (Fsp3) is 0.176. The fourth-order valence-electron chi connectivity index (χ4n) is 2.21. The van der Waals surface area contributed by atoms with Crippen LogP contribution < -0.4 is 9.83 Å². The quantitative estimate of drug-likeness (QED) is 0.736. The van der Waals surface area contributed by atoms with E-state index in [0.717, 1.165) is 0 Å². The van der Waals surface area contributed by atoms with Crippen molar-refractivity contribution in [2.45, 2.75) is 24.3 Å². The summed E-state index contributed by atoms with van der Waals surface area (Å²) in [5, 5.41) is 11.4. The van der Waals surface area contributed by atoms with Gasteiger partial charge in [-0.05, 0) is 36.8 Å². The molecule has 132 valence electrons. The summed E-state index contributed by atoms with van der Waals surface area (Å²) in [4.78, 5) is 22.2. The van der Waals surface area contributed by atoms with Gasteiger partial charge in [0.25, 0.3) is 0 Å². The Kier molecular flexibility index (Phi) is 5.94. The van der Waals surface area contributed by atoms with E-state index >= 15 is 0 Å². The molecule has 0 aliphatic rings. The van der Waals surface area contributed by atoms with Gasteiger partial charge in [0, 0.05) is 23.0 Å². The number of nitrogens with one attached hydrogen (secondary N) is 1. The van der Waals surface area contributed by atoms with E-state index in [0.29, 0.717) is 16.1 Å². The first-order valence-corrected chi connectivity index (χ1v) is 9.14. The molecule has 0 saturated carbocycles. The van der Waals surface area contributed by atoms with Crippen molar-refractivity contribution < 1.29 is 23.1 Å². The standard InChI is InChI=1S/C17H16ClNO5S/c1-11(20)12-4-8-15(9-5-12)25(23,24)19-16(10-17(21)22)13-2-6-14(18)7-3-13/h2-9,16,19H,10H2,1H3,(H,21,22)/p-1/t16-/m0/s1. The molecule has 0 unspecified atom stereocenters. The molecule has 2 rings (SSSR count). The van der Waals surface area contributed by atoms with E-state index in [9.17, 15) is 23.1 Å². The minimum absolute atomic E-state index is 0.0742. The number of hydrogen-bond acceptors (Lipinski definition) is 5. The molecule has 25 heavy (non-hydrogen) atoms. The largest absolute Gasteiger partial charge is 0.550 e. The lowest BCUT2D eigenvalue weighted by atomic mass is 10.1. The van der Waals surface area contributed by atoms with E-state index in [1.165, 1.54) is 55.5 Å². The predicted octanol–water partition coefficient (Wildman–Crippen LogP) is 1.70. The number of hydrogen-bond donors (Lipinski definition) is 1. The third-order valence-electron chi connectivity index (χ3n) is 3.51. The number of aliphatic carboxylic acids is 1. The molecule has 0 aliphatic heterocycles. The van der Waals surface area contributed by atoms with E-state index in [1.807, 2.05) is 0 Å². The average Bonchev–Trinajstić information content (AvgIpc) is 2.54. The summed E-state index contributed by atoms with van der Waals surface area (Å²) in [5.41, 5.74) is 0.820. The number of benzene rings is 2. The van der Waals surface area contributed by atoms with Gasteiger partial charge >= 0.3 is 0 Å². The van der Waals surface area contributed by atoms with Gasteiger partial charge < -0.3 is 9.90 Å². The molecule has 0 amide bonds. The van der Waals surface area contributed by atoms with Crippen molar-refractivity contribution in [1.82, 2.24) is 4.72 Å². The van der Waals surface area contributed by atoms with E-state index in [2.05, 4.69) is 4.72 Å². The third kappa shape index (κ3) is 5.12. The Morgan fingerprint density at radius 2 is 1.64 bits per heavy atom. The fourth-order valence-corrected chi connectivity index (χ4v) is 3.56. The highest BCUT2D eigenvalue weighted by Gasteiger charge is 2.22. The molecule has 2 aromatic rings. The topological polar surface area (TPSA) is 103 Å². The van der Waals surface area contributed by atoms with Crippen LogP contribution in [0.25, 0.3) is 0 Å². The first kappa shape index (κ1) is 19.1. The summed E-state index contributed by atoms with van der Waals surface area (Å²) < 4.78 is 27.4. The SMILES string of the molecule is CC(=O)c1ccc(S(=O)(=O)N[C@@H](CC(=O)[O-])c2ccc(Cl)cc2)cc1. The minimum atomic E-state index is -3.99. The molecular weight excluding hydrogens is 366 g/mol. The maximum Gasteiger partial charge on any atom is 0.241 e. The molecule has 1 atom stereocenters. The molecular formula is C17H15ClNO5S-. The highest BCUT2D eigenvalue weighted by atomic mass is 35.5. The van der Waals surface area contributed by atoms with Crippen molar-refractivity contribution in [3.8, 4) is 0 Å². The number of ketones is 1. The van der Waals surface area contributed by atoms with Gasteiger partial charge in [0.15, 0.2) is 5.78 Å². The lowest BCUT2D eigenvalue weighted by Crippen LogP contribution is -2.34. The number of carbonyl (C=O) groups is 2. The van der Waals surface area contributed by atoms with E-state index in [-0.39, 0.29) is 10.7 Å². The van der Waals surface area contributed by atoms with Gasteiger partial charge in [-0.25, -0.2) is 13.1 Å². The minimum Gasteiger partial charge on any atom is -0.550 e. The van der Waals surface area contributed by atoms with Gasteiger partial charge in [0.2, 0.25) is 10.0 Å². The number of halogens is 1. The first-order chi connectivity index (χ1) is 11.7. The molecule has 2 aromatic carbocycles. The second-order valence-electron chi connectivity index (χ2n) is 5.38. The van der Waals surface area contributed by atoms with Crippen LogP contribution in [0.4, 0.5) is 0 Å². The Hall–Kier alpha value is -2.22. The van der Waals surface area contributed by atoms with Crippen molar-refractivity contribution in [3.05, 3.63) is 64.7 Å². The molecule has 0 saturated heterocycles. The molecule has 6 nitrogen and oxygen atoms in total. The van der Waals surface area contributed by atoms with E-state index < -0.39 is 28.5 Å². The van der Waals surface area contributed by atoms with Crippen LogP contribution in [0.1, 0.15) is 35.3 Å². The van der Waals surface area contributed by atoms with Crippen molar-refractivity contribution >= 4 is 33.4 Å². The number of Topliss-reactive ketones (excluding diaryl/α,β-unsaturated/α-hetero) is 1. The molecule has 0 aromatic heterocycles.